The average Bonchev–Trinajstić information content (AvgIpc) is 3.74. The highest BCUT2D eigenvalue weighted by atomic mass is 32.2. The standard InChI is InChI=1S/C43H46N4O5S2/c1-6-35(40(50)47-41-37(42(51)52-7-2)32-21-20-28(43(3,4)5)23-36(32)54-41)53-30-17-13-16-29(24-30)45-39(49)34(46-38(48)26-14-9-8-10-15-26)22-27-25-44-33-19-12-11-18-31(27)33/h8-19,22,24-25,28,35,44H,6-7,20-21,23H2,1-5H3,(H,45,49)(H,46,48)(H,47,50)/b34-22-. The molecule has 5 aromatic rings. The number of H-pyrrole nitrogens is 1. The molecule has 0 bridgehead atoms. The lowest BCUT2D eigenvalue weighted by Crippen LogP contribution is -2.30. The number of ether oxygens (including phenoxy) is 1. The van der Waals surface area contributed by atoms with Crippen molar-refractivity contribution in [2.45, 2.75) is 70.4 Å². The quantitative estimate of drug-likeness (QED) is 0.0570. The van der Waals surface area contributed by atoms with Crippen LogP contribution >= 0.6 is 23.1 Å². The topological polar surface area (TPSA) is 129 Å². The molecular formula is C43H46N4O5S2. The van der Waals surface area contributed by atoms with Gasteiger partial charge < -0.3 is 25.7 Å². The Morgan fingerprint density at radius 1 is 0.981 bits per heavy atom. The molecule has 9 nitrogen and oxygen atoms in total. The van der Waals surface area contributed by atoms with E-state index >= 15 is 0 Å². The fraction of sp³-hybridized carbons (Fsp3) is 0.302. The van der Waals surface area contributed by atoms with E-state index in [1.807, 2.05) is 49.4 Å². The molecule has 11 heteroatoms. The van der Waals surface area contributed by atoms with Crippen LogP contribution in [-0.4, -0.2) is 40.5 Å². The molecule has 0 spiro atoms. The molecule has 4 N–H and O–H groups in total. The number of rotatable bonds is 12. The molecule has 3 amide bonds. The van der Waals surface area contributed by atoms with Crippen LogP contribution < -0.4 is 16.0 Å². The van der Waals surface area contributed by atoms with Crippen molar-refractivity contribution in [2.75, 3.05) is 17.2 Å². The Hall–Kier alpha value is -5.13. The molecule has 0 saturated carbocycles. The molecule has 54 heavy (non-hydrogen) atoms. The van der Waals surface area contributed by atoms with Crippen molar-refractivity contribution in [1.82, 2.24) is 10.3 Å². The number of thiophene rings is 1. The zero-order chi connectivity index (χ0) is 38.4. The number of amides is 3. The number of esters is 1. The maximum atomic E-state index is 13.8. The molecular weight excluding hydrogens is 717 g/mol. The maximum absolute atomic E-state index is 13.8. The summed E-state index contributed by atoms with van der Waals surface area (Å²) in [6, 6.07) is 23.7. The largest absolute Gasteiger partial charge is 0.462 e. The van der Waals surface area contributed by atoms with Crippen LogP contribution in [0.25, 0.3) is 17.0 Å². The van der Waals surface area contributed by atoms with Gasteiger partial charge in [-0.05, 0) is 92.0 Å². The number of aromatic amines is 1. The minimum atomic E-state index is -0.502. The van der Waals surface area contributed by atoms with Crippen molar-refractivity contribution < 1.29 is 23.9 Å². The van der Waals surface area contributed by atoms with Crippen molar-refractivity contribution in [3.05, 3.63) is 118 Å². The summed E-state index contributed by atoms with van der Waals surface area (Å²) >= 11 is 2.87. The molecule has 0 saturated heterocycles. The lowest BCUT2D eigenvalue weighted by Gasteiger charge is -2.33. The number of carbonyl (C=O) groups is 4. The molecule has 6 rings (SSSR count). The predicted molar refractivity (Wildman–Crippen MR) is 219 cm³/mol. The Morgan fingerprint density at radius 2 is 1.74 bits per heavy atom. The lowest BCUT2D eigenvalue weighted by molar-refractivity contribution is -0.116. The highest BCUT2D eigenvalue weighted by molar-refractivity contribution is 8.00. The molecule has 3 aromatic carbocycles. The van der Waals surface area contributed by atoms with Gasteiger partial charge in [0.2, 0.25) is 5.91 Å². The minimum Gasteiger partial charge on any atom is -0.462 e. The van der Waals surface area contributed by atoms with E-state index in [-0.39, 0.29) is 23.6 Å². The average molecular weight is 763 g/mol. The molecule has 1 aliphatic rings. The predicted octanol–water partition coefficient (Wildman–Crippen LogP) is 9.48. The van der Waals surface area contributed by atoms with Gasteiger partial charge in [0, 0.05) is 43.7 Å². The number of benzene rings is 3. The number of thioether (sulfide) groups is 1. The Balaban J connectivity index is 1.20. The zero-order valence-corrected chi connectivity index (χ0v) is 32.8. The van der Waals surface area contributed by atoms with Crippen molar-refractivity contribution in [3.8, 4) is 0 Å². The van der Waals surface area contributed by atoms with Crippen LogP contribution in [0.3, 0.4) is 0 Å². The van der Waals surface area contributed by atoms with Crippen LogP contribution in [0.5, 0.6) is 0 Å². The van der Waals surface area contributed by atoms with Crippen LogP contribution in [0.15, 0.2) is 95.7 Å². The summed E-state index contributed by atoms with van der Waals surface area (Å²) in [5.41, 5.74) is 4.26. The molecule has 0 fully saturated rings. The van der Waals surface area contributed by atoms with E-state index in [2.05, 4.69) is 41.7 Å². The van der Waals surface area contributed by atoms with E-state index in [1.165, 1.54) is 23.1 Å². The van der Waals surface area contributed by atoms with Gasteiger partial charge in [-0.1, -0.05) is 70.2 Å². The molecule has 2 heterocycles. The van der Waals surface area contributed by atoms with E-state index in [9.17, 15) is 19.2 Å². The van der Waals surface area contributed by atoms with E-state index in [0.717, 1.165) is 51.1 Å². The normalized spacial score (nSPS) is 14.9. The molecule has 0 radical (unpaired) electrons. The summed E-state index contributed by atoms with van der Waals surface area (Å²) in [6.07, 6.45) is 6.60. The van der Waals surface area contributed by atoms with E-state index < -0.39 is 23.0 Å². The van der Waals surface area contributed by atoms with E-state index in [0.29, 0.717) is 34.2 Å². The number of anilines is 2. The summed E-state index contributed by atoms with van der Waals surface area (Å²) in [5, 5.41) is 9.82. The molecule has 1 aliphatic carbocycles. The first-order chi connectivity index (χ1) is 25.9. The van der Waals surface area contributed by atoms with Crippen LogP contribution in [0, 0.1) is 11.3 Å². The fourth-order valence-electron chi connectivity index (χ4n) is 6.67. The SMILES string of the molecule is CCOC(=O)c1c(NC(=O)C(CC)Sc2cccc(NC(=O)/C(=C/c3c[nH]c4ccccc34)NC(=O)c3ccccc3)c2)sc2c1CCC(C(C)(C)C)C2. The van der Waals surface area contributed by atoms with Gasteiger partial charge in [-0.25, -0.2) is 4.79 Å². The van der Waals surface area contributed by atoms with Crippen molar-refractivity contribution in [2.24, 2.45) is 11.3 Å². The Kier molecular flexibility index (Phi) is 12.1. The number of aromatic nitrogens is 1. The van der Waals surface area contributed by atoms with Gasteiger partial charge in [0.25, 0.3) is 11.8 Å². The van der Waals surface area contributed by atoms with Gasteiger partial charge in [0.15, 0.2) is 0 Å². The number of nitrogens with one attached hydrogen (secondary N) is 4. The van der Waals surface area contributed by atoms with E-state index in [4.69, 9.17) is 4.74 Å². The Bertz CT molecular complexity index is 2200. The highest BCUT2D eigenvalue weighted by Gasteiger charge is 2.35. The number of hydrogen-bond donors (Lipinski definition) is 4. The van der Waals surface area contributed by atoms with Crippen molar-refractivity contribution in [3.63, 3.8) is 0 Å². The lowest BCUT2D eigenvalue weighted by atomic mass is 9.72. The van der Waals surface area contributed by atoms with Gasteiger partial charge >= 0.3 is 5.97 Å². The fourth-order valence-corrected chi connectivity index (χ4v) is 9.00. The third-order valence-corrected chi connectivity index (χ3v) is 12.2. The van der Waals surface area contributed by atoms with E-state index in [1.54, 1.807) is 55.6 Å². The van der Waals surface area contributed by atoms with Crippen LogP contribution in [0.4, 0.5) is 10.7 Å². The van der Waals surface area contributed by atoms with Gasteiger partial charge in [0.1, 0.15) is 10.7 Å². The van der Waals surface area contributed by atoms with Gasteiger partial charge in [-0.15, -0.1) is 23.1 Å². The van der Waals surface area contributed by atoms with Crippen LogP contribution in [0.2, 0.25) is 0 Å². The first-order valence-electron chi connectivity index (χ1n) is 18.3. The third-order valence-electron chi connectivity index (χ3n) is 9.69. The molecule has 2 atom stereocenters. The summed E-state index contributed by atoms with van der Waals surface area (Å²) in [6.45, 7) is 10.7. The van der Waals surface area contributed by atoms with Gasteiger partial charge in [-0.2, -0.15) is 0 Å². The molecule has 0 aliphatic heterocycles. The first kappa shape index (κ1) is 38.6. The Morgan fingerprint density at radius 3 is 2.48 bits per heavy atom. The minimum absolute atomic E-state index is 0.0716. The number of hydrogen-bond acceptors (Lipinski definition) is 7. The second-order valence-corrected chi connectivity index (χ2v) is 16.8. The van der Waals surface area contributed by atoms with Crippen LogP contribution in [0.1, 0.15) is 84.2 Å². The van der Waals surface area contributed by atoms with Gasteiger partial charge in [-0.3, -0.25) is 14.4 Å². The van der Waals surface area contributed by atoms with Gasteiger partial charge in [0.05, 0.1) is 17.4 Å². The molecule has 2 unspecified atom stereocenters. The first-order valence-corrected chi connectivity index (χ1v) is 20.0. The molecule has 280 valence electrons. The number of para-hydroxylation sites is 1. The zero-order valence-electron chi connectivity index (χ0n) is 31.2. The maximum Gasteiger partial charge on any atom is 0.341 e. The second kappa shape index (κ2) is 16.9. The van der Waals surface area contributed by atoms with Crippen molar-refractivity contribution >= 4 is 74.5 Å². The highest BCUT2D eigenvalue weighted by Crippen LogP contribution is 2.45. The van der Waals surface area contributed by atoms with Crippen molar-refractivity contribution in [1.29, 1.82) is 0 Å². The monoisotopic (exact) mass is 762 g/mol. The molecule has 2 aromatic heterocycles. The Labute approximate surface area is 324 Å². The summed E-state index contributed by atoms with van der Waals surface area (Å²) < 4.78 is 5.45. The van der Waals surface area contributed by atoms with Crippen LogP contribution in [-0.2, 0) is 27.2 Å². The number of fused-ring (bicyclic) bond motifs is 2. The second-order valence-electron chi connectivity index (χ2n) is 14.4. The summed E-state index contributed by atoms with van der Waals surface area (Å²) in [4.78, 5) is 59.2. The summed E-state index contributed by atoms with van der Waals surface area (Å²) in [7, 11) is 0. The number of carbonyl (C=O) groups excluding carboxylic acids is 4. The third kappa shape index (κ3) is 8.97. The summed E-state index contributed by atoms with van der Waals surface area (Å²) in [5.74, 6) is -1.04. The smallest absolute Gasteiger partial charge is 0.341 e.